The summed E-state index contributed by atoms with van der Waals surface area (Å²) >= 11 is 0. The summed E-state index contributed by atoms with van der Waals surface area (Å²) in [6, 6.07) is 18.9. The van der Waals surface area contributed by atoms with Gasteiger partial charge in [0.1, 0.15) is 6.61 Å². The molecule has 6 nitrogen and oxygen atoms in total. The van der Waals surface area contributed by atoms with E-state index in [-0.39, 0.29) is 12.7 Å². The molecular formula is C17H16N2O4. The van der Waals surface area contributed by atoms with Gasteiger partial charge in [-0.2, -0.15) is 4.68 Å². The van der Waals surface area contributed by atoms with E-state index in [0.717, 1.165) is 10.2 Å². The van der Waals surface area contributed by atoms with Gasteiger partial charge in [-0.05, 0) is 17.7 Å². The van der Waals surface area contributed by atoms with Gasteiger partial charge in [-0.1, -0.05) is 53.6 Å². The lowest BCUT2D eigenvalue weighted by atomic mass is 10.2. The summed E-state index contributed by atoms with van der Waals surface area (Å²) in [5.41, 5.74) is 1.71. The van der Waals surface area contributed by atoms with E-state index < -0.39 is 5.76 Å². The summed E-state index contributed by atoms with van der Waals surface area (Å²) in [7, 11) is 0. The van der Waals surface area contributed by atoms with Gasteiger partial charge in [0.15, 0.2) is 0 Å². The van der Waals surface area contributed by atoms with Gasteiger partial charge in [0.25, 0.3) is 0 Å². The van der Waals surface area contributed by atoms with Crippen molar-refractivity contribution in [3.8, 4) is 11.8 Å². The van der Waals surface area contributed by atoms with Crippen molar-refractivity contribution < 1.29 is 13.9 Å². The fourth-order valence-electron chi connectivity index (χ4n) is 2.00. The van der Waals surface area contributed by atoms with Crippen LogP contribution in [0.1, 0.15) is 5.56 Å². The maximum Gasteiger partial charge on any atom is 0.444 e. The first-order valence-corrected chi connectivity index (χ1v) is 7.23. The summed E-state index contributed by atoms with van der Waals surface area (Å²) in [6.07, 6.45) is -0.0674. The van der Waals surface area contributed by atoms with Gasteiger partial charge >= 0.3 is 11.8 Å². The van der Waals surface area contributed by atoms with E-state index in [1.165, 1.54) is 0 Å². The summed E-state index contributed by atoms with van der Waals surface area (Å²) in [5, 5.41) is 4.00. The Morgan fingerprint density at radius 3 is 2.39 bits per heavy atom. The van der Waals surface area contributed by atoms with Crippen LogP contribution in [0.2, 0.25) is 0 Å². The average Bonchev–Trinajstić information content (AvgIpc) is 2.97. The average molecular weight is 312 g/mol. The zero-order chi connectivity index (χ0) is 15.9. The Kier molecular flexibility index (Phi) is 4.85. The van der Waals surface area contributed by atoms with E-state index in [9.17, 15) is 4.79 Å². The second-order valence-corrected chi connectivity index (χ2v) is 4.77. The van der Waals surface area contributed by atoms with Crippen LogP contribution in [0.25, 0.3) is 5.69 Å². The molecule has 0 bridgehead atoms. The van der Waals surface area contributed by atoms with E-state index in [1.807, 2.05) is 48.5 Å². The van der Waals surface area contributed by atoms with Crippen LogP contribution >= 0.6 is 0 Å². The van der Waals surface area contributed by atoms with Crippen LogP contribution < -0.4 is 10.5 Å². The molecule has 0 atom stereocenters. The highest BCUT2D eigenvalue weighted by molar-refractivity contribution is 5.29. The van der Waals surface area contributed by atoms with Crippen LogP contribution in [0.15, 0.2) is 69.9 Å². The highest BCUT2D eigenvalue weighted by atomic mass is 16.6. The van der Waals surface area contributed by atoms with Gasteiger partial charge in [-0.3, -0.25) is 0 Å². The molecule has 0 N–H and O–H groups in total. The largest absolute Gasteiger partial charge is 0.447 e. The quantitative estimate of drug-likeness (QED) is 0.627. The third kappa shape index (κ3) is 4.08. The fourth-order valence-corrected chi connectivity index (χ4v) is 2.00. The maximum absolute atomic E-state index is 11.7. The molecule has 0 radical (unpaired) electrons. The summed E-state index contributed by atoms with van der Waals surface area (Å²) in [4.78, 5) is 11.7. The Morgan fingerprint density at radius 1 is 0.957 bits per heavy atom. The van der Waals surface area contributed by atoms with Crippen LogP contribution in [0, 0.1) is 0 Å². The van der Waals surface area contributed by atoms with E-state index in [0.29, 0.717) is 18.9 Å². The Morgan fingerprint density at radius 2 is 1.65 bits per heavy atom. The van der Waals surface area contributed by atoms with Crippen molar-refractivity contribution in [1.29, 1.82) is 0 Å². The van der Waals surface area contributed by atoms with Crippen molar-refractivity contribution in [3.05, 3.63) is 76.8 Å². The lowest BCUT2D eigenvalue weighted by Crippen LogP contribution is -2.13. The lowest BCUT2D eigenvalue weighted by molar-refractivity contribution is 0.0776. The first-order valence-electron chi connectivity index (χ1n) is 7.23. The molecular weight excluding hydrogens is 296 g/mol. The number of benzene rings is 2. The molecule has 0 spiro atoms. The predicted octanol–water partition coefficient (Wildman–Crippen LogP) is 2.42. The number of aromatic nitrogens is 2. The highest BCUT2D eigenvalue weighted by Crippen LogP contribution is 2.08. The molecule has 0 unspecified atom stereocenters. The predicted molar refractivity (Wildman–Crippen MR) is 83.7 cm³/mol. The summed E-state index contributed by atoms with van der Waals surface area (Å²) in [5.74, 6) is -0.587. The molecule has 1 aromatic heterocycles. The first kappa shape index (κ1) is 15.1. The van der Waals surface area contributed by atoms with E-state index in [1.54, 1.807) is 12.1 Å². The van der Waals surface area contributed by atoms with Crippen LogP contribution in [0.5, 0.6) is 6.08 Å². The summed E-state index contributed by atoms with van der Waals surface area (Å²) in [6.45, 7) is 1.13. The van der Waals surface area contributed by atoms with Crippen molar-refractivity contribution in [2.75, 3.05) is 13.2 Å². The third-order valence-electron chi connectivity index (χ3n) is 3.09. The molecule has 0 aliphatic heterocycles. The Labute approximate surface area is 132 Å². The van der Waals surface area contributed by atoms with E-state index in [4.69, 9.17) is 13.9 Å². The minimum Gasteiger partial charge on any atom is -0.447 e. The van der Waals surface area contributed by atoms with Gasteiger partial charge < -0.3 is 13.9 Å². The molecule has 0 saturated heterocycles. The van der Waals surface area contributed by atoms with Crippen molar-refractivity contribution in [2.45, 2.75) is 6.61 Å². The normalized spacial score (nSPS) is 10.6. The Bertz CT molecular complexity index is 781. The van der Waals surface area contributed by atoms with Crippen molar-refractivity contribution in [3.63, 3.8) is 0 Å². The first-order chi connectivity index (χ1) is 11.3. The number of hydrogen-bond acceptors (Lipinski definition) is 5. The molecule has 0 amide bonds. The van der Waals surface area contributed by atoms with Gasteiger partial charge in [0.05, 0.1) is 18.9 Å². The monoisotopic (exact) mass is 312 g/mol. The van der Waals surface area contributed by atoms with E-state index in [2.05, 4.69) is 5.10 Å². The maximum atomic E-state index is 11.7. The zero-order valence-electron chi connectivity index (χ0n) is 12.4. The van der Waals surface area contributed by atoms with Crippen LogP contribution in [0.4, 0.5) is 0 Å². The molecule has 0 aliphatic carbocycles. The minimum atomic E-state index is -0.587. The van der Waals surface area contributed by atoms with Gasteiger partial charge in [0, 0.05) is 0 Å². The second-order valence-electron chi connectivity index (χ2n) is 4.77. The number of hydrogen-bond donors (Lipinski definition) is 0. The van der Waals surface area contributed by atoms with Crippen LogP contribution in [0.3, 0.4) is 0 Å². The number of rotatable bonds is 7. The molecule has 6 heteroatoms. The van der Waals surface area contributed by atoms with Crippen molar-refractivity contribution in [1.82, 2.24) is 9.78 Å². The van der Waals surface area contributed by atoms with Crippen molar-refractivity contribution >= 4 is 0 Å². The van der Waals surface area contributed by atoms with Gasteiger partial charge in [0.2, 0.25) is 0 Å². The molecule has 0 aliphatic rings. The van der Waals surface area contributed by atoms with Gasteiger partial charge in [-0.15, -0.1) is 0 Å². The number of para-hydroxylation sites is 1. The molecule has 3 aromatic rings. The molecule has 23 heavy (non-hydrogen) atoms. The topological polar surface area (TPSA) is 66.5 Å². The lowest BCUT2D eigenvalue weighted by Gasteiger charge is -2.04. The SMILES string of the molecule is O=c1oc(OCCOCc2ccccc2)nn1-c1ccccc1. The van der Waals surface area contributed by atoms with Crippen LogP contribution in [-0.2, 0) is 11.3 Å². The Hall–Kier alpha value is -2.86. The molecule has 2 aromatic carbocycles. The fraction of sp³-hybridized carbons (Fsp3) is 0.176. The molecule has 118 valence electrons. The van der Waals surface area contributed by atoms with Crippen molar-refractivity contribution in [2.24, 2.45) is 0 Å². The Balaban J connectivity index is 1.49. The highest BCUT2D eigenvalue weighted by Gasteiger charge is 2.10. The zero-order valence-corrected chi connectivity index (χ0v) is 12.4. The minimum absolute atomic E-state index is 0.0674. The molecule has 0 saturated carbocycles. The molecule has 0 fully saturated rings. The molecule has 1 heterocycles. The van der Waals surface area contributed by atoms with Crippen LogP contribution in [-0.4, -0.2) is 23.0 Å². The third-order valence-corrected chi connectivity index (χ3v) is 3.09. The second kappa shape index (κ2) is 7.42. The standard InChI is InChI=1S/C17H16N2O4/c20-17-19(15-9-5-2-6-10-15)18-16(23-17)22-12-11-21-13-14-7-3-1-4-8-14/h1-10H,11-13H2. The number of ether oxygens (including phenoxy) is 2. The summed E-state index contributed by atoms with van der Waals surface area (Å²) < 4.78 is 16.9. The van der Waals surface area contributed by atoms with Gasteiger partial charge in [-0.25, -0.2) is 4.79 Å². The molecule has 3 rings (SSSR count). The van der Waals surface area contributed by atoms with E-state index >= 15 is 0 Å². The smallest absolute Gasteiger partial charge is 0.444 e. The number of nitrogens with zero attached hydrogens (tertiary/aromatic N) is 2.